The van der Waals surface area contributed by atoms with E-state index < -0.39 is 0 Å². The highest BCUT2D eigenvalue weighted by Crippen LogP contribution is 2.28. The van der Waals surface area contributed by atoms with E-state index in [9.17, 15) is 0 Å². The summed E-state index contributed by atoms with van der Waals surface area (Å²) in [5, 5.41) is 4.89. The average molecular weight is 298 g/mol. The molecule has 1 aromatic heterocycles. The van der Waals surface area contributed by atoms with Gasteiger partial charge in [-0.3, -0.25) is 4.98 Å². The van der Waals surface area contributed by atoms with Gasteiger partial charge in [-0.1, -0.05) is 59.2 Å². The topological polar surface area (TPSA) is 24.9 Å². The average Bonchev–Trinajstić information content (AvgIpc) is 2.49. The van der Waals surface area contributed by atoms with Crippen LogP contribution in [0, 0.1) is 0 Å². The van der Waals surface area contributed by atoms with Crippen molar-refractivity contribution in [2.75, 3.05) is 6.54 Å². The number of unbranched alkanes of at least 4 members (excludes halogenated alkanes) is 1. The summed E-state index contributed by atoms with van der Waals surface area (Å²) in [5.74, 6) is 0. The van der Waals surface area contributed by atoms with Crippen molar-refractivity contribution in [1.29, 1.82) is 0 Å². The van der Waals surface area contributed by atoms with E-state index >= 15 is 0 Å². The van der Waals surface area contributed by atoms with Crippen LogP contribution in [0.25, 0.3) is 10.9 Å². The largest absolute Gasteiger partial charge is 0.313 e. The molecule has 0 saturated carbocycles. The molecule has 2 heteroatoms. The molecule has 1 heterocycles. The minimum absolute atomic E-state index is 0.0766. The summed E-state index contributed by atoms with van der Waals surface area (Å²) in [6, 6.07) is 8.87. The van der Waals surface area contributed by atoms with Gasteiger partial charge in [0.1, 0.15) is 0 Å². The van der Waals surface area contributed by atoms with Gasteiger partial charge in [-0.25, -0.2) is 0 Å². The van der Waals surface area contributed by atoms with E-state index in [1.807, 2.05) is 0 Å². The van der Waals surface area contributed by atoms with Crippen molar-refractivity contribution in [2.45, 2.75) is 65.8 Å². The zero-order chi connectivity index (χ0) is 16.2. The third-order valence-corrected chi connectivity index (χ3v) is 4.18. The van der Waals surface area contributed by atoms with Crippen LogP contribution >= 0.6 is 0 Å². The maximum Gasteiger partial charge on any atom is 0.0740 e. The standard InChI is InChI=1S/C20H30N2/c1-6-8-12-21-14-16-13-18(20(3,4)5)22-19-15(7-2)10-9-11-17(16)19/h9-11,13,21H,6-8,12,14H2,1-5H3. The van der Waals surface area contributed by atoms with E-state index in [4.69, 9.17) is 4.98 Å². The van der Waals surface area contributed by atoms with Crippen molar-refractivity contribution >= 4 is 10.9 Å². The number of para-hydroxylation sites is 1. The molecule has 0 amide bonds. The lowest BCUT2D eigenvalue weighted by Gasteiger charge is -2.21. The third kappa shape index (κ3) is 3.86. The van der Waals surface area contributed by atoms with Crippen LogP contribution in [0.2, 0.25) is 0 Å². The molecule has 0 aliphatic carbocycles. The van der Waals surface area contributed by atoms with Gasteiger partial charge in [0.25, 0.3) is 0 Å². The van der Waals surface area contributed by atoms with Crippen LogP contribution in [0.3, 0.4) is 0 Å². The summed E-state index contributed by atoms with van der Waals surface area (Å²) in [5.41, 5.74) is 5.17. The van der Waals surface area contributed by atoms with Gasteiger partial charge in [-0.2, -0.15) is 0 Å². The highest BCUT2D eigenvalue weighted by atomic mass is 14.8. The van der Waals surface area contributed by atoms with Gasteiger partial charge in [-0.15, -0.1) is 0 Å². The van der Waals surface area contributed by atoms with Crippen molar-refractivity contribution in [3.63, 3.8) is 0 Å². The van der Waals surface area contributed by atoms with Crippen LogP contribution in [0.4, 0.5) is 0 Å². The number of fused-ring (bicyclic) bond motifs is 1. The number of hydrogen-bond donors (Lipinski definition) is 1. The minimum atomic E-state index is 0.0766. The molecule has 0 aliphatic rings. The summed E-state index contributed by atoms with van der Waals surface area (Å²) < 4.78 is 0. The van der Waals surface area contributed by atoms with Crippen molar-refractivity contribution in [1.82, 2.24) is 10.3 Å². The van der Waals surface area contributed by atoms with Crippen molar-refractivity contribution in [3.05, 3.63) is 41.1 Å². The number of nitrogens with one attached hydrogen (secondary N) is 1. The summed E-state index contributed by atoms with van der Waals surface area (Å²) in [7, 11) is 0. The summed E-state index contributed by atoms with van der Waals surface area (Å²) in [6.07, 6.45) is 3.49. The molecule has 2 aromatic rings. The molecule has 0 spiro atoms. The predicted octanol–water partition coefficient (Wildman–Crippen LogP) is 4.98. The monoisotopic (exact) mass is 298 g/mol. The Bertz CT molecular complexity index is 623. The maximum absolute atomic E-state index is 4.99. The molecule has 0 bridgehead atoms. The number of benzene rings is 1. The molecular formula is C20H30N2. The molecule has 1 aromatic carbocycles. The number of nitrogens with zero attached hydrogens (tertiary/aromatic N) is 1. The van der Waals surface area contributed by atoms with Crippen LogP contribution in [0.1, 0.15) is 64.3 Å². The number of hydrogen-bond acceptors (Lipinski definition) is 2. The quantitative estimate of drug-likeness (QED) is 0.760. The lowest BCUT2D eigenvalue weighted by Crippen LogP contribution is -2.18. The fourth-order valence-electron chi connectivity index (χ4n) is 2.72. The van der Waals surface area contributed by atoms with Gasteiger partial charge >= 0.3 is 0 Å². The zero-order valence-electron chi connectivity index (χ0n) is 14.8. The Morgan fingerprint density at radius 2 is 1.86 bits per heavy atom. The molecule has 2 rings (SSSR count). The van der Waals surface area contributed by atoms with E-state index in [0.29, 0.717) is 0 Å². The van der Waals surface area contributed by atoms with Crippen molar-refractivity contribution < 1.29 is 0 Å². The molecule has 0 atom stereocenters. The highest BCUT2D eigenvalue weighted by molar-refractivity contribution is 5.85. The Hall–Kier alpha value is -1.41. The smallest absolute Gasteiger partial charge is 0.0740 e. The Labute approximate surface area is 135 Å². The van der Waals surface area contributed by atoms with Crippen molar-refractivity contribution in [3.8, 4) is 0 Å². The molecule has 0 saturated heterocycles. The molecule has 0 radical (unpaired) electrons. The van der Waals surface area contributed by atoms with E-state index in [1.54, 1.807) is 0 Å². The van der Waals surface area contributed by atoms with E-state index in [-0.39, 0.29) is 5.41 Å². The van der Waals surface area contributed by atoms with Gasteiger partial charge < -0.3 is 5.32 Å². The molecule has 1 N–H and O–H groups in total. The first-order valence-electron chi connectivity index (χ1n) is 8.60. The third-order valence-electron chi connectivity index (χ3n) is 4.18. The Morgan fingerprint density at radius 1 is 1.09 bits per heavy atom. The first-order chi connectivity index (χ1) is 10.5. The van der Waals surface area contributed by atoms with Gasteiger partial charge in [0.05, 0.1) is 5.52 Å². The van der Waals surface area contributed by atoms with Gasteiger partial charge in [0.2, 0.25) is 0 Å². The van der Waals surface area contributed by atoms with Crippen LogP contribution in [-0.2, 0) is 18.4 Å². The van der Waals surface area contributed by atoms with Gasteiger partial charge in [0.15, 0.2) is 0 Å². The van der Waals surface area contributed by atoms with E-state index in [2.05, 4.69) is 64.2 Å². The summed E-state index contributed by atoms with van der Waals surface area (Å²) in [6.45, 7) is 13.2. The van der Waals surface area contributed by atoms with Crippen LogP contribution < -0.4 is 5.32 Å². The second-order valence-electron chi connectivity index (χ2n) is 7.11. The lowest BCUT2D eigenvalue weighted by molar-refractivity contribution is 0.568. The first-order valence-corrected chi connectivity index (χ1v) is 8.60. The number of rotatable bonds is 6. The molecule has 0 aliphatic heterocycles. The summed E-state index contributed by atoms with van der Waals surface area (Å²) >= 11 is 0. The minimum Gasteiger partial charge on any atom is -0.313 e. The second-order valence-corrected chi connectivity index (χ2v) is 7.11. The summed E-state index contributed by atoms with van der Waals surface area (Å²) in [4.78, 5) is 4.99. The van der Waals surface area contributed by atoms with Crippen molar-refractivity contribution in [2.24, 2.45) is 0 Å². The fraction of sp³-hybridized carbons (Fsp3) is 0.550. The lowest BCUT2D eigenvalue weighted by atomic mass is 9.89. The SMILES string of the molecule is CCCCNCc1cc(C(C)(C)C)nc2c(CC)cccc12. The Morgan fingerprint density at radius 3 is 2.50 bits per heavy atom. The molecular weight excluding hydrogens is 268 g/mol. The Balaban J connectivity index is 2.47. The molecule has 2 nitrogen and oxygen atoms in total. The number of aryl methyl sites for hydroxylation is 1. The van der Waals surface area contributed by atoms with Crippen LogP contribution in [0.5, 0.6) is 0 Å². The van der Waals surface area contributed by atoms with Crippen LogP contribution in [-0.4, -0.2) is 11.5 Å². The van der Waals surface area contributed by atoms with E-state index in [1.165, 1.54) is 40.6 Å². The molecule has 22 heavy (non-hydrogen) atoms. The van der Waals surface area contributed by atoms with E-state index in [0.717, 1.165) is 19.5 Å². The first kappa shape index (κ1) is 17.0. The van der Waals surface area contributed by atoms with Crippen LogP contribution in [0.15, 0.2) is 24.3 Å². The fourth-order valence-corrected chi connectivity index (χ4v) is 2.72. The molecule has 0 fully saturated rings. The zero-order valence-corrected chi connectivity index (χ0v) is 14.8. The Kier molecular flexibility index (Phi) is 5.57. The normalized spacial score (nSPS) is 12.0. The number of aromatic nitrogens is 1. The molecule has 0 unspecified atom stereocenters. The second kappa shape index (κ2) is 7.23. The van der Waals surface area contributed by atoms with Gasteiger partial charge in [-0.05, 0) is 36.6 Å². The molecule has 120 valence electrons. The predicted molar refractivity (Wildman–Crippen MR) is 96.4 cm³/mol. The number of pyridine rings is 1. The highest BCUT2D eigenvalue weighted by Gasteiger charge is 2.18. The maximum atomic E-state index is 4.99. The van der Waals surface area contributed by atoms with Gasteiger partial charge in [0, 0.05) is 23.0 Å².